The third kappa shape index (κ3) is 3.44. The molecule has 1 aliphatic heterocycles. The Morgan fingerprint density at radius 3 is 2.48 bits per heavy atom. The average Bonchev–Trinajstić information content (AvgIpc) is 3.02. The average molecular weight is 401 g/mol. The number of anilines is 1. The summed E-state index contributed by atoms with van der Waals surface area (Å²) < 4.78 is 0. The summed E-state index contributed by atoms with van der Waals surface area (Å²) in [5.41, 5.74) is 5.16. The van der Waals surface area contributed by atoms with E-state index in [1.54, 1.807) is 11.3 Å². The lowest BCUT2D eigenvalue weighted by Crippen LogP contribution is -2.44. The Morgan fingerprint density at radius 2 is 1.81 bits per heavy atom. The zero-order valence-corrected chi connectivity index (χ0v) is 17.9. The first-order valence-corrected chi connectivity index (χ1v) is 10.7. The third-order valence-electron chi connectivity index (χ3n) is 5.50. The van der Waals surface area contributed by atoms with Gasteiger partial charge in [-0.05, 0) is 55.6 Å². The Bertz CT molecular complexity index is 990. The van der Waals surface area contributed by atoms with Crippen molar-refractivity contribution >= 4 is 39.0 Å². The predicted molar refractivity (Wildman–Crippen MR) is 116 cm³/mol. The Labute approximate surface area is 169 Å². The first-order chi connectivity index (χ1) is 13.0. The number of thiophene rings is 1. The molecule has 4 rings (SSSR count). The molecule has 1 fully saturated rings. The van der Waals surface area contributed by atoms with Gasteiger partial charge in [0.15, 0.2) is 0 Å². The maximum atomic E-state index is 6.32. The summed E-state index contributed by atoms with van der Waals surface area (Å²) in [5.74, 6) is 0.988. The number of likely N-dealkylation sites (N-methyl/N-ethyl adjacent to an activating group) is 1. The standard InChI is InChI=1S/C21H25ClN4S/c1-5-16-17(15-7-6-13(2)14(3)12-15)18-19(23-21(22)24-20(18)27-16)26-10-8-25(4)9-11-26/h6-7,12H,5,8-11H2,1-4H3. The van der Waals surface area contributed by atoms with Crippen LogP contribution in [-0.2, 0) is 6.42 Å². The molecule has 6 heteroatoms. The van der Waals surface area contributed by atoms with Crippen molar-refractivity contribution in [3.8, 4) is 11.1 Å². The number of rotatable bonds is 3. The molecular formula is C21H25ClN4S. The normalized spacial score (nSPS) is 15.7. The fraction of sp³-hybridized carbons (Fsp3) is 0.429. The molecule has 0 unspecified atom stereocenters. The molecule has 27 heavy (non-hydrogen) atoms. The second-order valence-corrected chi connectivity index (χ2v) is 8.76. The summed E-state index contributed by atoms with van der Waals surface area (Å²) in [5, 5.41) is 1.50. The van der Waals surface area contributed by atoms with Crippen LogP contribution in [0.2, 0.25) is 5.28 Å². The zero-order chi connectivity index (χ0) is 19.1. The molecule has 0 spiro atoms. The highest BCUT2D eigenvalue weighted by Gasteiger charge is 2.24. The van der Waals surface area contributed by atoms with E-state index in [1.165, 1.54) is 27.1 Å². The first-order valence-electron chi connectivity index (χ1n) is 9.48. The second-order valence-electron chi connectivity index (χ2n) is 7.34. The molecule has 4 nitrogen and oxygen atoms in total. The lowest BCUT2D eigenvalue weighted by Gasteiger charge is -2.33. The van der Waals surface area contributed by atoms with Crippen LogP contribution < -0.4 is 4.90 Å². The fourth-order valence-electron chi connectivity index (χ4n) is 3.70. The van der Waals surface area contributed by atoms with E-state index in [-0.39, 0.29) is 0 Å². The van der Waals surface area contributed by atoms with Gasteiger partial charge in [0.1, 0.15) is 10.6 Å². The lowest BCUT2D eigenvalue weighted by molar-refractivity contribution is 0.312. The SMILES string of the molecule is CCc1sc2nc(Cl)nc(N3CCN(C)CC3)c2c1-c1ccc(C)c(C)c1. The number of aryl methyl sites for hydroxylation is 3. The van der Waals surface area contributed by atoms with Crippen molar-refractivity contribution in [3.05, 3.63) is 39.5 Å². The number of aromatic nitrogens is 2. The van der Waals surface area contributed by atoms with E-state index in [1.807, 2.05) is 0 Å². The minimum atomic E-state index is 0.340. The Balaban J connectivity index is 1.95. The number of fused-ring (bicyclic) bond motifs is 1. The van der Waals surface area contributed by atoms with Crippen molar-refractivity contribution in [3.63, 3.8) is 0 Å². The van der Waals surface area contributed by atoms with Crippen LogP contribution in [-0.4, -0.2) is 48.1 Å². The quantitative estimate of drug-likeness (QED) is 0.582. The minimum absolute atomic E-state index is 0.340. The van der Waals surface area contributed by atoms with Gasteiger partial charge in [-0.15, -0.1) is 11.3 Å². The number of halogens is 1. The highest BCUT2D eigenvalue weighted by Crippen LogP contribution is 2.43. The van der Waals surface area contributed by atoms with Gasteiger partial charge in [-0.1, -0.05) is 25.1 Å². The molecule has 0 saturated carbocycles. The molecule has 2 aromatic heterocycles. The molecule has 0 aliphatic carbocycles. The molecule has 0 atom stereocenters. The molecule has 142 valence electrons. The molecule has 1 aromatic carbocycles. The maximum Gasteiger partial charge on any atom is 0.225 e. The van der Waals surface area contributed by atoms with Crippen LogP contribution in [0, 0.1) is 13.8 Å². The minimum Gasteiger partial charge on any atom is -0.353 e. The fourth-order valence-corrected chi connectivity index (χ4v) is 5.04. The van der Waals surface area contributed by atoms with E-state index in [9.17, 15) is 0 Å². The largest absolute Gasteiger partial charge is 0.353 e. The third-order valence-corrected chi connectivity index (χ3v) is 6.89. The Kier molecular flexibility index (Phi) is 5.10. The highest BCUT2D eigenvalue weighted by atomic mass is 35.5. The van der Waals surface area contributed by atoms with Crippen LogP contribution in [0.25, 0.3) is 21.3 Å². The first kappa shape index (κ1) is 18.7. The molecule has 3 heterocycles. The monoisotopic (exact) mass is 400 g/mol. The molecule has 0 amide bonds. The summed E-state index contributed by atoms with van der Waals surface area (Å²) >= 11 is 8.06. The van der Waals surface area contributed by atoms with E-state index in [0.29, 0.717) is 5.28 Å². The van der Waals surface area contributed by atoms with Crippen molar-refractivity contribution in [1.29, 1.82) is 0 Å². The smallest absolute Gasteiger partial charge is 0.225 e. The van der Waals surface area contributed by atoms with Gasteiger partial charge in [-0.3, -0.25) is 0 Å². The van der Waals surface area contributed by atoms with Crippen LogP contribution in [0.15, 0.2) is 18.2 Å². The van der Waals surface area contributed by atoms with Crippen LogP contribution in [0.5, 0.6) is 0 Å². The summed E-state index contributed by atoms with van der Waals surface area (Å²) in [6.45, 7) is 10.5. The molecule has 0 N–H and O–H groups in total. The van der Waals surface area contributed by atoms with Gasteiger partial charge in [0, 0.05) is 36.6 Å². The molecule has 3 aromatic rings. The number of piperazine rings is 1. The number of hydrogen-bond acceptors (Lipinski definition) is 5. The molecule has 0 radical (unpaired) electrons. The van der Waals surface area contributed by atoms with E-state index in [0.717, 1.165) is 48.6 Å². The van der Waals surface area contributed by atoms with Gasteiger partial charge in [-0.25, -0.2) is 4.98 Å². The van der Waals surface area contributed by atoms with E-state index in [4.69, 9.17) is 16.6 Å². The Hall–Kier alpha value is -1.69. The molecular weight excluding hydrogens is 376 g/mol. The van der Waals surface area contributed by atoms with Crippen molar-refractivity contribution < 1.29 is 0 Å². The lowest BCUT2D eigenvalue weighted by atomic mass is 9.98. The number of benzene rings is 1. The second kappa shape index (κ2) is 7.38. The van der Waals surface area contributed by atoms with Crippen LogP contribution in [0.4, 0.5) is 5.82 Å². The van der Waals surface area contributed by atoms with Crippen LogP contribution in [0.3, 0.4) is 0 Å². The van der Waals surface area contributed by atoms with Gasteiger partial charge < -0.3 is 9.80 Å². The van der Waals surface area contributed by atoms with Gasteiger partial charge in [0.2, 0.25) is 5.28 Å². The summed E-state index contributed by atoms with van der Waals surface area (Å²) in [4.78, 5) is 16.3. The van der Waals surface area contributed by atoms with E-state index < -0.39 is 0 Å². The summed E-state index contributed by atoms with van der Waals surface area (Å²) in [6, 6.07) is 6.73. The maximum absolute atomic E-state index is 6.32. The predicted octanol–water partition coefficient (Wildman–Crippen LogP) is 4.94. The van der Waals surface area contributed by atoms with Gasteiger partial charge in [0.05, 0.1) is 5.39 Å². The molecule has 0 bridgehead atoms. The summed E-state index contributed by atoms with van der Waals surface area (Å²) in [6.07, 6.45) is 0.975. The zero-order valence-electron chi connectivity index (χ0n) is 16.3. The molecule has 1 aliphatic rings. The van der Waals surface area contributed by atoms with Crippen molar-refractivity contribution in [2.75, 3.05) is 38.1 Å². The van der Waals surface area contributed by atoms with Crippen molar-refractivity contribution in [1.82, 2.24) is 14.9 Å². The molecule has 1 saturated heterocycles. The van der Waals surface area contributed by atoms with Crippen molar-refractivity contribution in [2.24, 2.45) is 0 Å². The van der Waals surface area contributed by atoms with Gasteiger partial charge >= 0.3 is 0 Å². The van der Waals surface area contributed by atoms with Crippen LogP contribution in [0.1, 0.15) is 22.9 Å². The van der Waals surface area contributed by atoms with E-state index >= 15 is 0 Å². The number of hydrogen-bond donors (Lipinski definition) is 0. The Morgan fingerprint density at radius 1 is 1.07 bits per heavy atom. The van der Waals surface area contributed by atoms with Crippen molar-refractivity contribution in [2.45, 2.75) is 27.2 Å². The van der Waals surface area contributed by atoms with Gasteiger partial charge in [0.25, 0.3) is 0 Å². The highest BCUT2D eigenvalue weighted by molar-refractivity contribution is 7.19. The van der Waals surface area contributed by atoms with Gasteiger partial charge in [-0.2, -0.15) is 4.98 Å². The van der Waals surface area contributed by atoms with E-state index in [2.05, 4.69) is 60.8 Å². The number of nitrogens with zero attached hydrogens (tertiary/aromatic N) is 4. The summed E-state index contributed by atoms with van der Waals surface area (Å²) in [7, 11) is 2.17. The topological polar surface area (TPSA) is 32.3 Å². The van der Waals surface area contributed by atoms with Crippen LogP contribution >= 0.6 is 22.9 Å².